The van der Waals surface area contributed by atoms with Crippen LogP contribution in [0.1, 0.15) is 56.5 Å². The third kappa shape index (κ3) is 8.04. The number of aryl methyl sites for hydroxylation is 2. The van der Waals surface area contributed by atoms with Gasteiger partial charge in [0.05, 0.1) is 5.69 Å². The Kier molecular flexibility index (Phi) is 10.1. The summed E-state index contributed by atoms with van der Waals surface area (Å²) in [7, 11) is 0. The average Bonchev–Trinajstić information content (AvgIpc) is 3.48. The Morgan fingerprint density at radius 2 is 1.97 bits per heavy atom. The van der Waals surface area contributed by atoms with E-state index in [0.29, 0.717) is 29.2 Å². The van der Waals surface area contributed by atoms with Crippen LogP contribution in [0, 0.1) is 13.8 Å². The monoisotopic (exact) mass is 553 g/mol. The molecule has 0 saturated carbocycles. The fourth-order valence-electron chi connectivity index (χ4n) is 4.16. The van der Waals surface area contributed by atoms with Crippen molar-refractivity contribution in [2.24, 2.45) is 5.73 Å². The lowest BCUT2D eigenvalue weighted by atomic mass is 9.94. The molecule has 208 valence electrons. The van der Waals surface area contributed by atoms with Crippen LogP contribution in [0.5, 0.6) is 0 Å². The molecule has 0 radical (unpaired) electrons. The molecular weight excluding hydrogens is 518 g/mol. The summed E-state index contributed by atoms with van der Waals surface area (Å²) in [5.74, 6) is 1.63. The molecule has 0 spiro atoms. The Labute approximate surface area is 231 Å². The van der Waals surface area contributed by atoms with Gasteiger partial charge >= 0.3 is 0 Å². The predicted octanol–water partition coefficient (Wildman–Crippen LogP) is 4.90. The summed E-state index contributed by atoms with van der Waals surface area (Å²) in [6, 6.07) is 7.75. The molecule has 0 aliphatic heterocycles. The lowest BCUT2D eigenvalue weighted by Crippen LogP contribution is -2.27. The van der Waals surface area contributed by atoms with Gasteiger partial charge in [-0.05, 0) is 49.2 Å². The number of nitrogens with two attached hydrogens (primary N) is 1. The van der Waals surface area contributed by atoms with Gasteiger partial charge < -0.3 is 26.0 Å². The molecule has 11 nitrogen and oxygen atoms in total. The number of carboxylic acid groups (broad SMARTS) is 1. The van der Waals surface area contributed by atoms with Crippen molar-refractivity contribution in [1.29, 1.82) is 0 Å². The van der Waals surface area contributed by atoms with Gasteiger partial charge in [-0.3, -0.25) is 9.59 Å². The summed E-state index contributed by atoms with van der Waals surface area (Å²) in [6.07, 6.45) is 3.55. The van der Waals surface area contributed by atoms with E-state index in [0.717, 1.165) is 34.9 Å². The van der Waals surface area contributed by atoms with Crippen LogP contribution in [0.2, 0.25) is 0 Å². The average molecular weight is 554 g/mol. The van der Waals surface area contributed by atoms with Gasteiger partial charge in [0.15, 0.2) is 5.13 Å². The van der Waals surface area contributed by atoms with Gasteiger partial charge in [0.1, 0.15) is 5.82 Å². The zero-order chi connectivity index (χ0) is 28.6. The van der Waals surface area contributed by atoms with E-state index in [2.05, 4.69) is 51.5 Å². The van der Waals surface area contributed by atoms with Crippen LogP contribution >= 0.6 is 11.3 Å². The molecule has 4 aromatic rings. The number of pyridine rings is 1. The van der Waals surface area contributed by atoms with E-state index >= 15 is 0 Å². The number of thiazole rings is 1. The maximum absolute atomic E-state index is 13.0. The maximum atomic E-state index is 13.0. The quantitative estimate of drug-likeness (QED) is 0.209. The van der Waals surface area contributed by atoms with Gasteiger partial charge in [-0.25, -0.2) is 9.97 Å². The first-order chi connectivity index (χ1) is 18.5. The Hall–Kier alpha value is -3.90. The topological polar surface area (TPSA) is 169 Å². The second-order valence-corrected chi connectivity index (χ2v) is 11.0. The van der Waals surface area contributed by atoms with E-state index in [1.165, 1.54) is 16.2 Å². The number of carbonyl (C=O) groups excluding carboxylic acids is 1. The van der Waals surface area contributed by atoms with Crippen molar-refractivity contribution >= 4 is 45.4 Å². The van der Waals surface area contributed by atoms with Crippen LogP contribution in [-0.2, 0) is 15.0 Å². The molecule has 0 saturated heterocycles. The van der Waals surface area contributed by atoms with Crippen molar-refractivity contribution in [1.82, 2.24) is 20.1 Å². The van der Waals surface area contributed by atoms with Crippen LogP contribution in [0.4, 0.5) is 10.9 Å². The van der Waals surface area contributed by atoms with E-state index in [1.54, 1.807) is 13.1 Å². The van der Waals surface area contributed by atoms with Crippen LogP contribution in [0.3, 0.4) is 0 Å². The van der Waals surface area contributed by atoms with Crippen molar-refractivity contribution in [3.63, 3.8) is 0 Å². The number of hydrogen-bond donors (Lipinski definition) is 4. The first-order valence-corrected chi connectivity index (χ1v) is 13.4. The highest BCUT2D eigenvalue weighted by molar-refractivity contribution is 7.16. The first kappa shape index (κ1) is 29.7. The molecule has 0 bridgehead atoms. The molecule has 0 aliphatic carbocycles. The van der Waals surface area contributed by atoms with E-state index in [-0.39, 0.29) is 30.3 Å². The predicted molar refractivity (Wildman–Crippen MR) is 153 cm³/mol. The van der Waals surface area contributed by atoms with Crippen molar-refractivity contribution < 1.29 is 19.2 Å². The second-order valence-electron chi connectivity index (χ2n) is 10.0. The first-order valence-electron chi connectivity index (χ1n) is 12.6. The lowest BCUT2D eigenvalue weighted by molar-refractivity contribution is -0.123. The van der Waals surface area contributed by atoms with Gasteiger partial charge in [0.25, 0.3) is 6.47 Å². The number of nitrogens with one attached hydrogen (secondary N) is 2. The third-order valence-electron chi connectivity index (χ3n) is 5.81. The van der Waals surface area contributed by atoms with Crippen LogP contribution < -0.4 is 16.4 Å². The van der Waals surface area contributed by atoms with Gasteiger partial charge in [0, 0.05) is 41.4 Å². The van der Waals surface area contributed by atoms with Gasteiger partial charge in [-0.15, -0.1) is 11.3 Å². The fraction of sp³-hybridized carbons (Fsp3) is 0.407. The molecular formula is C27H35N7O4S. The van der Waals surface area contributed by atoms with Crippen molar-refractivity contribution in [3.8, 4) is 11.4 Å². The van der Waals surface area contributed by atoms with Gasteiger partial charge in [0.2, 0.25) is 17.6 Å². The number of rotatable bonds is 9. The summed E-state index contributed by atoms with van der Waals surface area (Å²) >= 11 is 1.53. The lowest BCUT2D eigenvalue weighted by Gasteiger charge is -2.20. The van der Waals surface area contributed by atoms with Gasteiger partial charge in [-0.1, -0.05) is 38.1 Å². The van der Waals surface area contributed by atoms with Crippen LogP contribution in [-0.4, -0.2) is 50.2 Å². The number of nitrogens with zero attached hydrogens (tertiary/aromatic N) is 4. The Morgan fingerprint density at radius 3 is 2.59 bits per heavy atom. The van der Waals surface area contributed by atoms with Crippen molar-refractivity contribution in [2.45, 2.75) is 65.3 Å². The second kappa shape index (κ2) is 13.3. The third-order valence-corrected chi connectivity index (χ3v) is 7.30. The van der Waals surface area contributed by atoms with Crippen LogP contribution in [0.15, 0.2) is 35.0 Å². The van der Waals surface area contributed by atoms with Crippen molar-refractivity contribution in [2.75, 3.05) is 17.2 Å². The maximum Gasteiger partial charge on any atom is 0.290 e. The van der Waals surface area contributed by atoms with Crippen LogP contribution in [0.25, 0.3) is 22.2 Å². The molecule has 5 N–H and O–H groups in total. The standard InChI is InChI=1S/C26H33N7O2S.CH2O2/c1-15-22(26(3,4)5)36-25(29-15)32-21(34)14-19(7-6-11-27)31-24-20-13-18(23-30-16(2)35-33-23)9-8-17(20)10-12-28-24;2-1-3/h8-10,12-13,19H,6-7,11,14,27H2,1-5H3,(H,28,31)(H,29,32,34);1H,(H,2,3)/t19-;/m0./s1. The molecule has 0 fully saturated rings. The number of amides is 1. The van der Waals surface area contributed by atoms with E-state index in [9.17, 15) is 4.79 Å². The summed E-state index contributed by atoms with van der Waals surface area (Å²) in [6.45, 7) is 10.5. The SMILES string of the molecule is Cc1nc(-c2ccc3ccnc(N[C@@H](CCCN)CC(=O)Nc4nc(C)c(C(C)(C)C)s4)c3c2)no1.O=CO. The minimum absolute atomic E-state index is 0.0188. The largest absolute Gasteiger partial charge is 0.483 e. The molecule has 1 atom stereocenters. The van der Waals surface area contributed by atoms with E-state index in [1.807, 2.05) is 31.2 Å². The molecule has 0 unspecified atom stereocenters. The van der Waals surface area contributed by atoms with E-state index < -0.39 is 0 Å². The highest BCUT2D eigenvalue weighted by Gasteiger charge is 2.22. The molecule has 0 aliphatic rings. The summed E-state index contributed by atoms with van der Waals surface area (Å²) in [4.78, 5) is 36.0. The highest BCUT2D eigenvalue weighted by Crippen LogP contribution is 2.34. The van der Waals surface area contributed by atoms with E-state index in [4.69, 9.17) is 20.2 Å². The highest BCUT2D eigenvalue weighted by atomic mass is 32.1. The minimum Gasteiger partial charge on any atom is -0.483 e. The molecule has 12 heteroatoms. The molecule has 4 rings (SSSR count). The molecule has 3 aromatic heterocycles. The summed E-state index contributed by atoms with van der Waals surface area (Å²) < 4.78 is 5.14. The molecule has 39 heavy (non-hydrogen) atoms. The number of aromatic nitrogens is 4. The normalized spacial score (nSPS) is 11.9. The summed E-state index contributed by atoms with van der Waals surface area (Å²) in [5.41, 5.74) is 7.55. The minimum atomic E-state index is -0.250. The number of anilines is 2. The Balaban J connectivity index is 0.00000134. The zero-order valence-corrected chi connectivity index (χ0v) is 23.6. The molecule has 1 amide bonds. The smallest absolute Gasteiger partial charge is 0.290 e. The number of fused-ring (bicyclic) bond motifs is 1. The Bertz CT molecular complexity index is 1410. The Morgan fingerprint density at radius 1 is 1.23 bits per heavy atom. The fourth-order valence-corrected chi connectivity index (χ4v) is 5.20. The zero-order valence-electron chi connectivity index (χ0n) is 22.8. The molecule has 3 heterocycles. The molecule has 1 aromatic carbocycles. The number of carbonyl (C=O) groups is 2. The van der Waals surface area contributed by atoms with Gasteiger partial charge in [-0.2, -0.15) is 4.98 Å². The summed E-state index contributed by atoms with van der Waals surface area (Å²) in [5, 5.41) is 20.0. The number of hydrogen-bond acceptors (Lipinski definition) is 10. The van der Waals surface area contributed by atoms with Crippen molar-refractivity contribution in [3.05, 3.63) is 46.9 Å². The number of benzene rings is 1.